The fourth-order valence-electron chi connectivity index (χ4n) is 3.48. The van der Waals surface area contributed by atoms with E-state index in [1.165, 1.54) is 6.26 Å². The molecule has 4 heterocycles. The molecule has 3 aromatic rings. The van der Waals surface area contributed by atoms with Crippen molar-refractivity contribution in [2.75, 3.05) is 13.1 Å². The predicted octanol–water partition coefficient (Wildman–Crippen LogP) is 1.55. The first-order chi connectivity index (χ1) is 12.8. The number of amides is 1. The number of hydrogen-bond acceptors (Lipinski definition) is 6. The van der Waals surface area contributed by atoms with Crippen LogP contribution in [0.25, 0.3) is 0 Å². The molecular weight excluding hydrogens is 334 g/mol. The van der Waals surface area contributed by atoms with E-state index in [-0.39, 0.29) is 5.91 Å². The maximum absolute atomic E-state index is 12.4. The van der Waals surface area contributed by atoms with E-state index in [0.29, 0.717) is 31.2 Å². The Kier molecular flexibility index (Phi) is 4.51. The van der Waals surface area contributed by atoms with Crippen LogP contribution in [0.5, 0.6) is 0 Å². The van der Waals surface area contributed by atoms with Crippen LogP contribution in [0.3, 0.4) is 0 Å². The highest BCUT2D eigenvalue weighted by Crippen LogP contribution is 2.28. The van der Waals surface area contributed by atoms with Crippen molar-refractivity contribution in [3.63, 3.8) is 0 Å². The first kappa shape index (κ1) is 16.5. The van der Waals surface area contributed by atoms with Gasteiger partial charge in [-0.25, -0.2) is 0 Å². The van der Waals surface area contributed by atoms with Crippen molar-refractivity contribution in [2.24, 2.45) is 0 Å². The van der Waals surface area contributed by atoms with Gasteiger partial charge in [0.2, 0.25) is 0 Å². The first-order valence-electron chi connectivity index (χ1n) is 8.85. The molecule has 0 bridgehead atoms. The molecule has 0 saturated carbocycles. The zero-order chi connectivity index (χ0) is 17.9. The van der Waals surface area contributed by atoms with Gasteiger partial charge in [-0.1, -0.05) is 5.16 Å². The quantitative estimate of drug-likeness (QED) is 0.689. The molecule has 0 aliphatic carbocycles. The molecule has 0 unspecified atom stereocenters. The summed E-state index contributed by atoms with van der Waals surface area (Å²) < 4.78 is 8.78. The molecule has 4 rings (SSSR count). The van der Waals surface area contributed by atoms with Crippen molar-refractivity contribution in [3.8, 4) is 0 Å². The molecule has 26 heavy (non-hydrogen) atoms. The molecule has 3 aromatic heterocycles. The molecule has 9 heteroatoms. The van der Waals surface area contributed by atoms with Crippen LogP contribution in [0.1, 0.15) is 47.8 Å². The SMILES string of the molecule is CCn1c(Cn2cccn2)nnc1C1CCN(C(=O)c2ccon2)CC1. The molecule has 1 fully saturated rings. The summed E-state index contributed by atoms with van der Waals surface area (Å²) in [4.78, 5) is 14.2. The Hall–Kier alpha value is -2.97. The van der Waals surface area contributed by atoms with Crippen LogP contribution in [0, 0.1) is 0 Å². The molecule has 1 aliphatic rings. The van der Waals surface area contributed by atoms with E-state index in [9.17, 15) is 4.79 Å². The van der Waals surface area contributed by atoms with E-state index in [2.05, 4.69) is 31.9 Å². The van der Waals surface area contributed by atoms with E-state index in [1.807, 2.05) is 21.8 Å². The Morgan fingerprint density at radius 3 is 2.81 bits per heavy atom. The van der Waals surface area contributed by atoms with Gasteiger partial charge in [0.05, 0.1) is 0 Å². The van der Waals surface area contributed by atoms with Crippen LogP contribution < -0.4 is 0 Å². The molecule has 1 aliphatic heterocycles. The van der Waals surface area contributed by atoms with Crippen LogP contribution in [-0.4, -0.2) is 53.6 Å². The summed E-state index contributed by atoms with van der Waals surface area (Å²) in [5.74, 6) is 2.14. The molecule has 1 amide bonds. The summed E-state index contributed by atoms with van der Waals surface area (Å²) in [5.41, 5.74) is 0.363. The normalized spacial score (nSPS) is 15.5. The highest BCUT2D eigenvalue weighted by atomic mass is 16.5. The topological polar surface area (TPSA) is 94.9 Å². The summed E-state index contributed by atoms with van der Waals surface area (Å²) in [6.07, 6.45) is 6.83. The number of aromatic nitrogens is 6. The van der Waals surface area contributed by atoms with Gasteiger partial charge < -0.3 is 14.0 Å². The van der Waals surface area contributed by atoms with E-state index in [0.717, 1.165) is 31.0 Å². The fourth-order valence-corrected chi connectivity index (χ4v) is 3.48. The Morgan fingerprint density at radius 2 is 2.15 bits per heavy atom. The summed E-state index contributed by atoms with van der Waals surface area (Å²) in [5, 5.41) is 16.8. The standard InChI is InChI=1S/C17H21N7O2/c1-2-24-15(12-23-8-3-7-18-23)19-20-16(24)13-4-9-22(10-5-13)17(25)14-6-11-26-21-14/h3,6-8,11,13H,2,4-5,9-10,12H2,1H3. The molecule has 0 N–H and O–H groups in total. The second-order valence-electron chi connectivity index (χ2n) is 6.37. The van der Waals surface area contributed by atoms with Crippen molar-refractivity contribution in [2.45, 2.75) is 38.8 Å². The Balaban J connectivity index is 1.44. The van der Waals surface area contributed by atoms with Gasteiger partial charge in [0.1, 0.15) is 18.6 Å². The average Bonchev–Trinajstić information content (AvgIpc) is 3.43. The largest absolute Gasteiger partial charge is 0.364 e. The second kappa shape index (κ2) is 7.11. The number of nitrogens with zero attached hydrogens (tertiary/aromatic N) is 7. The lowest BCUT2D eigenvalue weighted by molar-refractivity contribution is 0.0699. The van der Waals surface area contributed by atoms with Crippen molar-refractivity contribution in [1.29, 1.82) is 0 Å². The molecule has 0 aromatic carbocycles. The molecule has 0 atom stereocenters. The molecular formula is C17H21N7O2. The smallest absolute Gasteiger partial charge is 0.276 e. The van der Waals surface area contributed by atoms with Crippen molar-refractivity contribution >= 4 is 5.91 Å². The van der Waals surface area contributed by atoms with E-state index < -0.39 is 0 Å². The highest BCUT2D eigenvalue weighted by molar-refractivity contribution is 5.92. The number of rotatable bonds is 5. The zero-order valence-electron chi connectivity index (χ0n) is 14.7. The van der Waals surface area contributed by atoms with Gasteiger partial charge in [0.25, 0.3) is 5.91 Å². The lowest BCUT2D eigenvalue weighted by Gasteiger charge is -2.31. The van der Waals surface area contributed by atoms with Gasteiger partial charge in [0, 0.05) is 44.0 Å². The minimum absolute atomic E-state index is 0.0754. The van der Waals surface area contributed by atoms with Gasteiger partial charge in [-0.15, -0.1) is 10.2 Å². The van der Waals surface area contributed by atoms with Gasteiger partial charge in [-0.05, 0) is 25.8 Å². The summed E-state index contributed by atoms with van der Waals surface area (Å²) in [6.45, 7) is 4.89. The highest BCUT2D eigenvalue weighted by Gasteiger charge is 2.29. The zero-order valence-corrected chi connectivity index (χ0v) is 14.7. The number of carbonyl (C=O) groups is 1. The number of carbonyl (C=O) groups excluding carboxylic acids is 1. The van der Waals surface area contributed by atoms with E-state index in [4.69, 9.17) is 4.52 Å². The minimum atomic E-state index is -0.0754. The van der Waals surface area contributed by atoms with Gasteiger partial charge in [-0.3, -0.25) is 9.48 Å². The molecule has 0 radical (unpaired) electrons. The third kappa shape index (κ3) is 3.12. The van der Waals surface area contributed by atoms with E-state index >= 15 is 0 Å². The first-order valence-corrected chi connectivity index (χ1v) is 8.85. The van der Waals surface area contributed by atoms with Crippen LogP contribution in [-0.2, 0) is 13.1 Å². The Morgan fingerprint density at radius 1 is 1.31 bits per heavy atom. The van der Waals surface area contributed by atoms with Gasteiger partial charge in [-0.2, -0.15) is 5.10 Å². The number of likely N-dealkylation sites (tertiary alicyclic amines) is 1. The minimum Gasteiger partial charge on any atom is -0.364 e. The van der Waals surface area contributed by atoms with Crippen molar-refractivity contribution < 1.29 is 9.32 Å². The van der Waals surface area contributed by atoms with Crippen LogP contribution >= 0.6 is 0 Å². The van der Waals surface area contributed by atoms with Crippen LogP contribution in [0.4, 0.5) is 0 Å². The van der Waals surface area contributed by atoms with Crippen molar-refractivity contribution in [1.82, 2.24) is 34.6 Å². The second-order valence-corrected chi connectivity index (χ2v) is 6.37. The lowest BCUT2D eigenvalue weighted by atomic mass is 9.95. The lowest BCUT2D eigenvalue weighted by Crippen LogP contribution is -2.38. The average molecular weight is 355 g/mol. The fraction of sp³-hybridized carbons (Fsp3) is 0.471. The Labute approximate surface area is 150 Å². The molecule has 9 nitrogen and oxygen atoms in total. The maximum atomic E-state index is 12.4. The Bertz CT molecular complexity index is 846. The third-order valence-corrected chi connectivity index (χ3v) is 4.84. The van der Waals surface area contributed by atoms with Crippen molar-refractivity contribution in [3.05, 3.63) is 48.1 Å². The third-order valence-electron chi connectivity index (χ3n) is 4.84. The van der Waals surface area contributed by atoms with Gasteiger partial charge >= 0.3 is 0 Å². The van der Waals surface area contributed by atoms with Gasteiger partial charge in [0.15, 0.2) is 11.5 Å². The summed E-state index contributed by atoms with van der Waals surface area (Å²) in [7, 11) is 0. The monoisotopic (exact) mass is 355 g/mol. The van der Waals surface area contributed by atoms with Crippen LogP contribution in [0.2, 0.25) is 0 Å². The summed E-state index contributed by atoms with van der Waals surface area (Å²) >= 11 is 0. The number of hydrogen-bond donors (Lipinski definition) is 0. The molecule has 0 spiro atoms. The number of piperidine rings is 1. The maximum Gasteiger partial charge on any atom is 0.276 e. The van der Waals surface area contributed by atoms with Crippen LogP contribution in [0.15, 0.2) is 35.3 Å². The molecule has 136 valence electrons. The predicted molar refractivity (Wildman–Crippen MR) is 91.4 cm³/mol. The molecule has 1 saturated heterocycles. The van der Waals surface area contributed by atoms with E-state index in [1.54, 1.807) is 12.3 Å². The summed E-state index contributed by atoms with van der Waals surface area (Å²) in [6, 6.07) is 3.50.